The van der Waals surface area contributed by atoms with Crippen molar-refractivity contribution in [3.8, 4) is 0 Å². The molecule has 4 nitrogen and oxygen atoms in total. The molecule has 2 N–H and O–H groups in total. The van der Waals surface area contributed by atoms with E-state index in [4.69, 9.17) is 0 Å². The number of hydrogen-bond acceptors (Lipinski definition) is 2. The molecule has 0 aliphatic carbocycles. The van der Waals surface area contributed by atoms with Gasteiger partial charge in [-0.3, -0.25) is 4.99 Å². The third-order valence-electron chi connectivity index (χ3n) is 4.63. The van der Waals surface area contributed by atoms with E-state index < -0.39 is 0 Å². The normalized spacial score (nSPS) is 17.7. The Labute approximate surface area is 138 Å². The fraction of sp³-hybridized carbons (Fsp3) is 0.944. The molecule has 0 saturated carbocycles. The lowest BCUT2D eigenvalue weighted by atomic mass is 9.93. The standard InChI is InChI=1S/C18H38N4/c1-4-7-8-9-13-20-18(19-5-2)21-14-10-17-11-15-22(6-3)16-12-17/h17H,4-16H2,1-3H3,(H2,19,20,21). The monoisotopic (exact) mass is 310 g/mol. The van der Waals surface area contributed by atoms with Gasteiger partial charge in [-0.1, -0.05) is 33.1 Å². The lowest BCUT2D eigenvalue weighted by Crippen LogP contribution is -2.39. The van der Waals surface area contributed by atoms with E-state index in [9.17, 15) is 0 Å². The number of piperidine rings is 1. The molecule has 1 aliphatic heterocycles. The Morgan fingerprint density at radius 1 is 1.05 bits per heavy atom. The van der Waals surface area contributed by atoms with Gasteiger partial charge in [0.15, 0.2) is 5.96 Å². The molecule has 1 saturated heterocycles. The van der Waals surface area contributed by atoms with E-state index >= 15 is 0 Å². The van der Waals surface area contributed by atoms with Crippen LogP contribution in [0, 0.1) is 5.92 Å². The van der Waals surface area contributed by atoms with Gasteiger partial charge in [-0.05, 0) is 58.2 Å². The summed E-state index contributed by atoms with van der Waals surface area (Å²) in [4.78, 5) is 7.24. The molecule has 0 aromatic heterocycles. The van der Waals surface area contributed by atoms with Gasteiger partial charge in [0, 0.05) is 19.6 Å². The molecule has 0 atom stereocenters. The number of aliphatic imine (C=N–C) groups is 1. The summed E-state index contributed by atoms with van der Waals surface area (Å²) >= 11 is 0. The van der Waals surface area contributed by atoms with Crippen molar-refractivity contribution in [2.75, 3.05) is 39.3 Å². The molecular weight excluding hydrogens is 272 g/mol. The fourth-order valence-corrected chi connectivity index (χ4v) is 3.06. The quantitative estimate of drug-likeness (QED) is 0.370. The summed E-state index contributed by atoms with van der Waals surface area (Å²) in [6.45, 7) is 13.4. The van der Waals surface area contributed by atoms with Crippen LogP contribution in [0.5, 0.6) is 0 Å². The van der Waals surface area contributed by atoms with Crippen LogP contribution in [0.25, 0.3) is 0 Å². The lowest BCUT2D eigenvalue weighted by molar-refractivity contribution is 0.187. The van der Waals surface area contributed by atoms with Gasteiger partial charge in [0.1, 0.15) is 0 Å². The third kappa shape index (κ3) is 8.62. The minimum absolute atomic E-state index is 0.891. The number of hydrogen-bond donors (Lipinski definition) is 2. The van der Waals surface area contributed by atoms with E-state index in [0.717, 1.165) is 31.5 Å². The summed E-state index contributed by atoms with van der Waals surface area (Å²) < 4.78 is 0. The van der Waals surface area contributed by atoms with Gasteiger partial charge < -0.3 is 15.5 Å². The lowest BCUT2D eigenvalue weighted by Gasteiger charge is -2.31. The highest BCUT2D eigenvalue weighted by Gasteiger charge is 2.17. The first-order valence-corrected chi connectivity index (χ1v) is 9.54. The maximum absolute atomic E-state index is 4.68. The Morgan fingerprint density at radius 3 is 2.45 bits per heavy atom. The van der Waals surface area contributed by atoms with Gasteiger partial charge in [-0.15, -0.1) is 0 Å². The van der Waals surface area contributed by atoms with Crippen molar-refractivity contribution in [2.45, 2.75) is 65.7 Å². The fourth-order valence-electron chi connectivity index (χ4n) is 3.06. The van der Waals surface area contributed by atoms with Gasteiger partial charge in [0.2, 0.25) is 0 Å². The second-order valence-corrected chi connectivity index (χ2v) is 6.41. The second-order valence-electron chi connectivity index (χ2n) is 6.41. The van der Waals surface area contributed by atoms with Crippen molar-refractivity contribution in [1.82, 2.24) is 15.5 Å². The molecule has 130 valence electrons. The zero-order valence-electron chi connectivity index (χ0n) is 15.2. The van der Waals surface area contributed by atoms with Crippen molar-refractivity contribution in [3.63, 3.8) is 0 Å². The highest BCUT2D eigenvalue weighted by atomic mass is 15.2. The first-order valence-electron chi connectivity index (χ1n) is 9.54. The topological polar surface area (TPSA) is 39.7 Å². The molecule has 1 rings (SSSR count). The van der Waals surface area contributed by atoms with E-state index in [2.05, 4.69) is 41.3 Å². The maximum atomic E-state index is 4.68. The average molecular weight is 311 g/mol. The molecule has 1 fully saturated rings. The summed E-state index contributed by atoms with van der Waals surface area (Å²) in [7, 11) is 0. The molecule has 0 amide bonds. The largest absolute Gasteiger partial charge is 0.357 e. The van der Waals surface area contributed by atoms with Crippen LogP contribution in [0.1, 0.15) is 65.7 Å². The van der Waals surface area contributed by atoms with Crippen molar-refractivity contribution < 1.29 is 0 Å². The SMILES string of the molecule is CCCCCCN=C(NCC)NCCC1CCN(CC)CC1. The van der Waals surface area contributed by atoms with Crippen molar-refractivity contribution >= 4 is 5.96 Å². The number of nitrogens with zero attached hydrogens (tertiary/aromatic N) is 2. The number of unbranched alkanes of at least 4 members (excludes halogenated alkanes) is 3. The summed E-state index contributed by atoms with van der Waals surface area (Å²) in [6, 6.07) is 0. The Bertz CT molecular complexity index is 283. The van der Waals surface area contributed by atoms with Crippen LogP contribution in [0.4, 0.5) is 0 Å². The van der Waals surface area contributed by atoms with E-state index in [1.807, 2.05) is 0 Å². The van der Waals surface area contributed by atoms with Gasteiger partial charge >= 0.3 is 0 Å². The minimum Gasteiger partial charge on any atom is -0.357 e. The van der Waals surface area contributed by atoms with Crippen LogP contribution in [-0.4, -0.2) is 50.1 Å². The van der Waals surface area contributed by atoms with E-state index in [1.54, 1.807) is 0 Å². The van der Waals surface area contributed by atoms with Gasteiger partial charge in [-0.2, -0.15) is 0 Å². The third-order valence-corrected chi connectivity index (χ3v) is 4.63. The highest BCUT2D eigenvalue weighted by molar-refractivity contribution is 5.79. The van der Waals surface area contributed by atoms with Gasteiger partial charge in [0.05, 0.1) is 0 Å². The van der Waals surface area contributed by atoms with Crippen LogP contribution >= 0.6 is 0 Å². The Hall–Kier alpha value is -0.770. The molecule has 0 spiro atoms. The number of nitrogens with one attached hydrogen (secondary N) is 2. The zero-order chi connectivity index (χ0) is 16.0. The summed E-state index contributed by atoms with van der Waals surface area (Å²) in [5.41, 5.74) is 0. The van der Waals surface area contributed by atoms with E-state index in [-0.39, 0.29) is 0 Å². The first kappa shape index (κ1) is 19.3. The van der Waals surface area contributed by atoms with Gasteiger partial charge in [0.25, 0.3) is 0 Å². The predicted octanol–water partition coefficient (Wildman–Crippen LogP) is 3.24. The Kier molecular flexibility index (Phi) is 11.2. The predicted molar refractivity (Wildman–Crippen MR) is 97.6 cm³/mol. The number of rotatable bonds is 10. The van der Waals surface area contributed by atoms with Crippen LogP contribution in [0.2, 0.25) is 0 Å². The molecule has 1 aliphatic rings. The first-order chi connectivity index (χ1) is 10.8. The molecule has 0 bridgehead atoms. The molecule has 1 heterocycles. The molecule has 22 heavy (non-hydrogen) atoms. The average Bonchev–Trinajstić information content (AvgIpc) is 2.55. The molecule has 0 aromatic carbocycles. The highest BCUT2D eigenvalue weighted by Crippen LogP contribution is 2.19. The molecular formula is C18H38N4. The van der Waals surface area contributed by atoms with E-state index in [0.29, 0.717) is 0 Å². The summed E-state index contributed by atoms with van der Waals surface area (Å²) in [6.07, 6.45) is 9.13. The Balaban J connectivity index is 2.16. The van der Waals surface area contributed by atoms with Crippen molar-refractivity contribution in [1.29, 1.82) is 0 Å². The maximum Gasteiger partial charge on any atom is 0.191 e. The van der Waals surface area contributed by atoms with Crippen LogP contribution in [-0.2, 0) is 0 Å². The minimum atomic E-state index is 0.891. The van der Waals surface area contributed by atoms with Crippen LogP contribution in [0.3, 0.4) is 0 Å². The van der Waals surface area contributed by atoms with Crippen molar-refractivity contribution in [2.24, 2.45) is 10.9 Å². The smallest absolute Gasteiger partial charge is 0.191 e. The molecule has 0 aromatic rings. The Morgan fingerprint density at radius 2 is 1.82 bits per heavy atom. The van der Waals surface area contributed by atoms with Crippen molar-refractivity contribution in [3.05, 3.63) is 0 Å². The molecule has 0 unspecified atom stereocenters. The van der Waals surface area contributed by atoms with Gasteiger partial charge in [-0.25, -0.2) is 0 Å². The number of guanidine groups is 1. The molecule has 0 radical (unpaired) electrons. The van der Waals surface area contributed by atoms with Crippen LogP contribution < -0.4 is 10.6 Å². The summed E-state index contributed by atoms with van der Waals surface area (Å²) in [5.74, 6) is 1.90. The van der Waals surface area contributed by atoms with E-state index in [1.165, 1.54) is 64.6 Å². The molecule has 4 heteroatoms. The van der Waals surface area contributed by atoms with Crippen LogP contribution in [0.15, 0.2) is 4.99 Å². The zero-order valence-corrected chi connectivity index (χ0v) is 15.2. The summed E-state index contributed by atoms with van der Waals surface area (Å²) in [5, 5.41) is 6.87. The second kappa shape index (κ2) is 12.7. The number of likely N-dealkylation sites (tertiary alicyclic amines) is 1.